The molecule has 0 aliphatic carbocycles. The van der Waals surface area contributed by atoms with Gasteiger partial charge in [-0.3, -0.25) is 9.59 Å². The van der Waals surface area contributed by atoms with Gasteiger partial charge in [0.1, 0.15) is 5.69 Å². The van der Waals surface area contributed by atoms with E-state index in [1.807, 2.05) is 0 Å². The fraction of sp³-hybridized carbons (Fsp3) is 0.304. The summed E-state index contributed by atoms with van der Waals surface area (Å²) in [5, 5.41) is 12.5. The van der Waals surface area contributed by atoms with Crippen molar-refractivity contribution in [3.05, 3.63) is 78.8 Å². The van der Waals surface area contributed by atoms with Gasteiger partial charge in [0.25, 0.3) is 0 Å². The Morgan fingerprint density at radius 1 is 1.26 bits per heavy atom. The van der Waals surface area contributed by atoms with Gasteiger partial charge in [0, 0.05) is 31.8 Å². The second kappa shape index (κ2) is 12.5. The second-order valence-corrected chi connectivity index (χ2v) is 7.26. The van der Waals surface area contributed by atoms with Gasteiger partial charge in [-0.15, -0.1) is 0 Å². The van der Waals surface area contributed by atoms with Gasteiger partial charge in [-0.25, -0.2) is 0 Å². The van der Waals surface area contributed by atoms with Gasteiger partial charge in [-0.1, -0.05) is 31.4 Å². The number of aromatic nitrogens is 3. The number of amides is 2. The summed E-state index contributed by atoms with van der Waals surface area (Å²) in [6.45, 7) is 9.79. The first-order chi connectivity index (χ1) is 16.1. The van der Waals surface area contributed by atoms with Crippen LogP contribution < -0.4 is 5.32 Å². The molecule has 1 aliphatic heterocycles. The lowest BCUT2D eigenvalue weighted by atomic mass is 10.1. The zero-order chi connectivity index (χ0) is 25.1. The number of hydrogen-bond acceptors (Lipinski definition) is 5. The van der Waals surface area contributed by atoms with Crippen molar-refractivity contribution >= 4 is 17.4 Å². The minimum Gasteiger partial charge on any atom is -0.372 e. The van der Waals surface area contributed by atoms with Crippen molar-refractivity contribution in [1.82, 2.24) is 25.6 Å². The van der Waals surface area contributed by atoms with Crippen molar-refractivity contribution in [3.8, 4) is 0 Å². The summed E-state index contributed by atoms with van der Waals surface area (Å²) in [5.41, 5.74) is 1.36. The van der Waals surface area contributed by atoms with Crippen molar-refractivity contribution in [2.75, 3.05) is 13.1 Å². The molecule has 8 nitrogen and oxygen atoms in total. The predicted molar refractivity (Wildman–Crippen MR) is 120 cm³/mol. The topological polar surface area (TPSA) is 100 Å². The van der Waals surface area contributed by atoms with E-state index in [0.717, 1.165) is 18.6 Å². The van der Waals surface area contributed by atoms with Gasteiger partial charge < -0.3 is 15.0 Å². The number of carbonyl (C=O) groups is 2. The van der Waals surface area contributed by atoms with E-state index >= 15 is 0 Å². The second-order valence-electron chi connectivity index (χ2n) is 7.26. The van der Waals surface area contributed by atoms with Crippen LogP contribution >= 0.6 is 0 Å². The van der Waals surface area contributed by atoms with Crippen LogP contribution in [0.15, 0.2) is 62.0 Å². The molecule has 2 heterocycles. The van der Waals surface area contributed by atoms with Crippen LogP contribution in [0.2, 0.25) is 0 Å². The average Bonchev–Trinajstić information content (AvgIpc) is 3.50. The molecule has 1 fully saturated rings. The Morgan fingerprint density at radius 2 is 1.97 bits per heavy atom. The minimum absolute atomic E-state index is 0.0869. The number of H-pyrrole nitrogens is 1. The molecule has 0 saturated carbocycles. The Kier molecular flexibility index (Phi) is 9.75. The average molecular weight is 477 g/mol. The molecule has 1 unspecified atom stereocenters. The monoisotopic (exact) mass is 477 g/mol. The lowest BCUT2D eigenvalue weighted by Crippen LogP contribution is -2.28. The Balaban J connectivity index is 0.000000270. The number of alkyl halides is 3. The minimum atomic E-state index is -4.32. The highest BCUT2D eigenvalue weighted by Crippen LogP contribution is 2.29. The number of ether oxygens (including phenoxy) is 1. The number of nitrogens with one attached hydrogen (secondary N) is 2. The van der Waals surface area contributed by atoms with Crippen molar-refractivity contribution in [1.29, 1.82) is 0 Å². The number of rotatable bonds is 7. The number of nitrogens with zero attached hydrogens (tertiary/aromatic N) is 3. The lowest BCUT2D eigenvalue weighted by Gasteiger charge is -2.15. The van der Waals surface area contributed by atoms with Crippen molar-refractivity contribution in [2.45, 2.75) is 32.2 Å². The van der Waals surface area contributed by atoms with Crippen LogP contribution in [0.3, 0.4) is 0 Å². The number of benzene rings is 1. The maximum atomic E-state index is 12.4. The van der Waals surface area contributed by atoms with Crippen LogP contribution in [0.25, 0.3) is 5.57 Å². The van der Waals surface area contributed by atoms with Gasteiger partial charge in [0.2, 0.25) is 11.8 Å². The van der Waals surface area contributed by atoms with Crippen LogP contribution in [-0.4, -0.2) is 51.3 Å². The Labute approximate surface area is 195 Å². The summed E-state index contributed by atoms with van der Waals surface area (Å²) < 4.78 is 42.9. The molecule has 2 amide bonds. The molecule has 3 rings (SSSR count). The summed E-state index contributed by atoms with van der Waals surface area (Å²) >= 11 is 0. The van der Waals surface area contributed by atoms with Gasteiger partial charge in [-0.2, -0.15) is 28.6 Å². The van der Waals surface area contributed by atoms with E-state index in [1.54, 1.807) is 17.2 Å². The molecule has 1 aromatic heterocycles. The van der Waals surface area contributed by atoms with Crippen molar-refractivity contribution in [2.24, 2.45) is 0 Å². The molecular weight excluding hydrogens is 451 g/mol. The summed E-state index contributed by atoms with van der Waals surface area (Å²) in [6, 6.07) is 4.90. The molecule has 1 atom stereocenters. The fourth-order valence-corrected chi connectivity index (χ4v) is 2.96. The molecule has 1 aliphatic rings. The molecule has 1 saturated heterocycles. The van der Waals surface area contributed by atoms with E-state index in [2.05, 4.69) is 33.9 Å². The fourth-order valence-electron chi connectivity index (χ4n) is 2.96. The predicted octanol–water partition coefficient (Wildman–Crippen LogP) is 3.48. The van der Waals surface area contributed by atoms with Gasteiger partial charge in [-0.05, 0) is 30.2 Å². The lowest BCUT2D eigenvalue weighted by molar-refractivity contribution is -0.137. The first-order valence-corrected chi connectivity index (χ1v) is 10.3. The largest absolute Gasteiger partial charge is 0.416 e. The third-order valence-electron chi connectivity index (χ3n) is 4.76. The van der Waals surface area contributed by atoms with E-state index in [4.69, 9.17) is 4.74 Å². The van der Waals surface area contributed by atoms with Gasteiger partial charge >= 0.3 is 6.18 Å². The van der Waals surface area contributed by atoms with Gasteiger partial charge in [0.05, 0.1) is 24.5 Å². The zero-order valence-electron chi connectivity index (χ0n) is 18.6. The maximum absolute atomic E-state index is 12.4. The quantitative estimate of drug-likeness (QED) is 0.470. The third-order valence-corrected chi connectivity index (χ3v) is 4.76. The van der Waals surface area contributed by atoms with Gasteiger partial charge in [0.15, 0.2) is 0 Å². The summed E-state index contributed by atoms with van der Waals surface area (Å²) in [5.74, 6) is -0.265. The summed E-state index contributed by atoms with van der Waals surface area (Å²) in [7, 11) is 0. The molecule has 11 heteroatoms. The molecule has 2 N–H and O–H groups in total. The molecule has 2 aromatic rings. The van der Waals surface area contributed by atoms with Crippen molar-refractivity contribution in [3.63, 3.8) is 0 Å². The molecule has 0 bridgehead atoms. The standard InChI is InChI=1S/C15H16F3NO2.C8H10N4O/c1-2-14(20)19-8-7-13(9-19)21-10-11-3-5-12(6-4-11)15(16,17)18;1-3-7(4-9-6(2)13)8-5-10-12-11-8/h2-6,13H,1,7-10H2;3-5H,1H2,2H3,(H,9,13)(H,10,11,12)/b;7-4+. The molecular formula is C23H26F3N5O3. The highest BCUT2D eigenvalue weighted by atomic mass is 19.4. The highest BCUT2D eigenvalue weighted by Gasteiger charge is 2.30. The van der Waals surface area contributed by atoms with Crippen LogP contribution in [0.1, 0.15) is 30.2 Å². The van der Waals surface area contributed by atoms with Crippen molar-refractivity contribution < 1.29 is 27.5 Å². The maximum Gasteiger partial charge on any atom is 0.416 e. The normalized spacial score (nSPS) is 15.8. The Morgan fingerprint density at radius 3 is 2.50 bits per heavy atom. The SMILES string of the molecule is C=C/C(=C\NC(C)=O)c1cn[nH]n1.C=CC(=O)N1CCC(OCc2ccc(C(F)(F)F)cc2)C1. The summed E-state index contributed by atoms with van der Waals surface area (Å²) in [6.07, 6.45) is 2.25. The number of carbonyl (C=O) groups excluding carboxylic acids is 2. The van der Waals surface area contributed by atoms with E-state index in [9.17, 15) is 22.8 Å². The molecule has 34 heavy (non-hydrogen) atoms. The van der Waals surface area contributed by atoms with E-state index in [0.29, 0.717) is 29.9 Å². The molecule has 0 spiro atoms. The number of aromatic amines is 1. The first-order valence-electron chi connectivity index (χ1n) is 10.3. The van der Waals surface area contributed by atoms with Crippen LogP contribution in [-0.2, 0) is 27.1 Å². The molecule has 1 aromatic carbocycles. The third kappa shape index (κ3) is 8.32. The van der Waals surface area contributed by atoms with E-state index in [-0.39, 0.29) is 24.5 Å². The zero-order valence-corrected chi connectivity index (χ0v) is 18.6. The van der Waals surface area contributed by atoms with Crippen LogP contribution in [0, 0.1) is 0 Å². The first kappa shape index (κ1) is 26.5. The highest BCUT2D eigenvalue weighted by molar-refractivity contribution is 5.87. The molecule has 182 valence electrons. The van der Waals surface area contributed by atoms with E-state index in [1.165, 1.54) is 31.3 Å². The Hall–Kier alpha value is -3.73. The summed E-state index contributed by atoms with van der Waals surface area (Å²) in [4.78, 5) is 23.7. The smallest absolute Gasteiger partial charge is 0.372 e. The van der Waals surface area contributed by atoms with Crippen LogP contribution in [0.5, 0.6) is 0 Å². The Bertz CT molecular complexity index is 1000. The number of halogens is 3. The number of likely N-dealkylation sites (tertiary alicyclic amines) is 1. The number of hydrogen-bond donors (Lipinski definition) is 2. The van der Waals surface area contributed by atoms with Crippen LogP contribution in [0.4, 0.5) is 13.2 Å². The van der Waals surface area contributed by atoms with E-state index < -0.39 is 11.7 Å². The molecule has 0 radical (unpaired) electrons. The number of allylic oxidation sites excluding steroid dienone is 2.